The molecule has 2 N–H and O–H groups in total. The van der Waals surface area contributed by atoms with E-state index in [0.29, 0.717) is 49.5 Å². The smallest absolute Gasteiger partial charge is 0.254 e. The van der Waals surface area contributed by atoms with Crippen molar-refractivity contribution in [3.05, 3.63) is 34.3 Å². The van der Waals surface area contributed by atoms with Crippen LogP contribution in [0.15, 0.2) is 18.2 Å². The second kappa shape index (κ2) is 6.30. The first kappa shape index (κ1) is 17.7. The van der Waals surface area contributed by atoms with Crippen molar-refractivity contribution in [2.45, 2.75) is 50.4 Å². The molecule has 0 radical (unpaired) electrons. The van der Waals surface area contributed by atoms with Gasteiger partial charge in [-0.15, -0.1) is 0 Å². The van der Waals surface area contributed by atoms with Gasteiger partial charge in [0.1, 0.15) is 11.7 Å². The Labute approximate surface area is 147 Å². The first-order chi connectivity index (χ1) is 11.3. The van der Waals surface area contributed by atoms with E-state index in [0.717, 1.165) is 5.56 Å². The lowest BCUT2D eigenvalue weighted by Gasteiger charge is -2.51. The van der Waals surface area contributed by atoms with Crippen molar-refractivity contribution in [2.75, 3.05) is 19.7 Å². The van der Waals surface area contributed by atoms with Crippen molar-refractivity contribution < 1.29 is 19.7 Å². The van der Waals surface area contributed by atoms with E-state index in [1.54, 1.807) is 30.0 Å². The highest BCUT2D eigenvalue weighted by Gasteiger charge is 2.52. The van der Waals surface area contributed by atoms with Crippen LogP contribution in [-0.4, -0.2) is 58.0 Å². The molecule has 6 heteroatoms. The number of carbonyl (C=O) groups excluding carboxylic acids is 1. The second-order valence-electron chi connectivity index (χ2n) is 7.17. The number of piperidine rings is 1. The highest BCUT2D eigenvalue weighted by molar-refractivity contribution is 6.30. The maximum atomic E-state index is 12.7. The maximum Gasteiger partial charge on any atom is 0.254 e. The largest absolute Gasteiger partial charge is 0.387 e. The predicted octanol–water partition coefficient (Wildman–Crippen LogP) is 2.16. The Morgan fingerprint density at radius 1 is 1.33 bits per heavy atom. The topological polar surface area (TPSA) is 70.0 Å². The number of rotatable bonds is 1. The van der Waals surface area contributed by atoms with E-state index in [2.05, 4.69) is 0 Å². The molecule has 0 bridgehead atoms. The molecule has 132 valence electrons. The standard InChI is InChI=1S/C18H24ClNO4/c1-12-11-13(19)3-4-14(12)15(21)20-8-5-18(6-9-20)16(22)17(2,23)7-10-24-18/h3-4,11,16,22-23H,5-10H2,1-2H3/t16-,17+/m0/s1. The number of ether oxygens (including phenoxy) is 1. The summed E-state index contributed by atoms with van der Waals surface area (Å²) in [7, 11) is 0. The molecule has 0 unspecified atom stereocenters. The normalized spacial score (nSPS) is 29.7. The van der Waals surface area contributed by atoms with E-state index in [1.807, 2.05) is 6.92 Å². The summed E-state index contributed by atoms with van der Waals surface area (Å²) < 4.78 is 5.86. The van der Waals surface area contributed by atoms with Gasteiger partial charge >= 0.3 is 0 Å². The Balaban J connectivity index is 1.72. The number of carbonyl (C=O) groups is 1. The summed E-state index contributed by atoms with van der Waals surface area (Å²) in [4.78, 5) is 14.5. The summed E-state index contributed by atoms with van der Waals surface area (Å²) in [6, 6.07) is 5.25. The van der Waals surface area contributed by atoms with Crippen LogP contribution in [0.3, 0.4) is 0 Å². The lowest BCUT2D eigenvalue weighted by atomic mass is 9.75. The van der Waals surface area contributed by atoms with Crippen LogP contribution in [-0.2, 0) is 4.74 Å². The van der Waals surface area contributed by atoms with Crippen molar-refractivity contribution in [3.8, 4) is 0 Å². The van der Waals surface area contributed by atoms with Gasteiger partial charge in [0.05, 0.1) is 12.2 Å². The Kier molecular flexibility index (Phi) is 4.64. The minimum absolute atomic E-state index is 0.0314. The zero-order chi connectivity index (χ0) is 17.5. The SMILES string of the molecule is Cc1cc(Cl)ccc1C(=O)N1CCC2(CC1)OCC[C@@](C)(O)[C@@H]2O. The molecule has 3 rings (SSSR count). The third-order valence-corrected chi connectivity index (χ3v) is 5.64. The van der Waals surface area contributed by atoms with Gasteiger partial charge in [-0.25, -0.2) is 0 Å². The third-order valence-electron chi connectivity index (χ3n) is 5.40. The number of aliphatic hydroxyl groups excluding tert-OH is 1. The molecule has 2 aliphatic heterocycles. The number of amides is 1. The molecular formula is C18H24ClNO4. The van der Waals surface area contributed by atoms with E-state index in [9.17, 15) is 15.0 Å². The van der Waals surface area contributed by atoms with Crippen LogP contribution >= 0.6 is 11.6 Å². The summed E-state index contributed by atoms with van der Waals surface area (Å²) in [6.45, 7) is 4.93. The molecule has 0 aromatic heterocycles. The van der Waals surface area contributed by atoms with Crippen molar-refractivity contribution in [1.29, 1.82) is 0 Å². The molecule has 2 fully saturated rings. The predicted molar refractivity (Wildman–Crippen MR) is 91.3 cm³/mol. The number of likely N-dealkylation sites (tertiary alicyclic amines) is 1. The van der Waals surface area contributed by atoms with E-state index >= 15 is 0 Å². The van der Waals surface area contributed by atoms with Crippen LogP contribution in [0, 0.1) is 6.92 Å². The lowest BCUT2D eigenvalue weighted by Crippen LogP contribution is -2.64. The molecule has 24 heavy (non-hydrogen) atoms. The Bertz CT molecular complexity index is 638. The molecule has 1 aromatic carbocycles. The van der Waals surface area contributed by atoms with E-state index in [4.69, 9.17) is 16.3 Å². The summed E-state index contributed by atoms with van der Waals surface area (Å²) in [6.07, 6.45) is 0.516. The number of benzene rings is 1. The van der Waals surface area contributed by atoms with Crippen molar-refractivity contribution in [1.82, 2.24) is 4.90 Å². The average Bonchev–Trinajstić information content (AvgIpc) is 2.53. The summed E-state index contributed by atoms with van der Waals surface area (Å²) in [5, 5.41) is 21.5. The maximum absolute atomic E-state index is 12.7. The van der Waals surface area contributed by atoms with Gasteiger partial charge in [0.15, 0.2) is 0 Å². The summed E-state index contributed by atoms with van der Waals surface area (Å²) in [5.74, 6) is -0.0314. The molecule has 0 aliphatic carbocycles. The molecular weight excluding hydrogens is 330 g/mol. The van der Waals surface area contributed by atoms with Crippen LogP contribution in [0.4, 0.5) is 0 Å². The molecule has 2 heterocycles. The zero-order valence-corrected chi connectivity index (χ0v) is 14.8. The number of hydrogen-bond acceptors (Lipinski definition) is 4. The van der Waals surface area contributed by atoms with Crippen LogP contribution in [0.2, 0.25) is 5.02 Å². The minimum atomic E-state index is -1.14. The monoisotopic (exact) mass is 353 g/mol. The molecule has 2 atom stereocenters. The molecule has 0 saturated carbocycles. The first-order valence-corrected chi connectivity index (χ1v) is 8.73. The van der Waals surface area contributed by atoms with Crippen LogP contribution in [0.1, 0.15) is 42.1 Å². The summed E-state index contributed by atoms with van der Waals surface area (Å²) >= 11 is 5.95. The van der Waals surface area contributed by atoms with Crippen LogP contribution in [0.5, 0.6) is 0 Å². The number of aryl methyl sites for hydroxylation is 1. The fourth-order valence-electron chi connectivity index (χ4n) is 3.79. The first-order valence-electron chi connectivity index (χ1n) is 8.35. The van der Waals surface area contributed by atoms with E-state index < -0.39 is 17.3 Å². The van der Waals surface area contributed by atoms with E-state index in [-0.39, 0.29) is 5.91 Å². The molecule has 2 aliphatic rings. The van der Waals surface area contributed by atoms with Gasteiger partial charge in [0, 0.05) is 30.1 Å². The van der Waals surface area contributed by atoms with Gasteiger partial charge in [0.2, 0.25) is 0 Å². The van der Waals surface area contributed by atoms with E-state index in [1.165, 1.54) is 0 Å². The molecule has 5 nitrogen and oxygen atoms in total. The second-order valence-corrected chi connectivity index (χ2v) is 7.61. The van der Waals surface area contributed by atoms with Crippen molar-refractivity contribution >= 4 is 17.5 Å². The quantitative estimate of drug-likeness (QED) is 0.811. The third kappa shape index (κ3) is 3.06. The Morgan fingerprint density at radius 3 is 2.62 bits per heavy atom. The van der Waals surface area contributed by atoms with Gasteiger partial charge in [-0.2, -0.15) is 0 Å². The van der Waals surface area contributed by atoms with Crippen LogP contribution in [0.25, 0.3) is 0 Å². The highest BCUT2D eigenvalue weighted by atomic mass is 35.5. The number of aliphatic hydroxyl groups is 2. The highest BCUT2D eigenvalue weighted by Crippen LogP contribution is 2.40. The molecule has 1 amide bonds. The number of nitrogens with zero attached hydrogens (tertiary/aromatic N) is 1. The Morgan fingerprint density at radius 2 is 2.00 bits per heavy atom. The minimum Gasteiger partial charge on any atom is -0.387 e. The van der Waals surface area contributed by atoms with Crippen molar-refractivity contribution in [3.63, 3.8) is 0 Å². The fourth-order valence-corrected chi connectivity index (χ4v) is 4.01. The van der Waals surface area contributed by atoms with Gasteiger partial charge in [-0.3, -0.25) is 4.79 Å². The molecule has 1 aromatic rings. The molecule has 2 saturated heterocycles. The van der Waals surface area contributed by atoms with Gasteiger partial charge in [0.25, 0.3) is 5.91 Å². The average molecular weight is 354 g/mol. The Hall–Kier alpha value is -1.14. The summed E-state index contributed by atoms with van der Waals surface area (Å²) in [5.41, 5.74) is -0.401. The van der Waals surface area contributed by atoms with Gasteiger partial charge in [-0.05, 0) is 50.5 Å². The van der Waals surface area contributed by atoms with Gasteiger partial charge in [-0.1, -0.05) is 11.6 Å². The molecule has 1 spiro atoms. The van der Waals surface area contributed by atoms with Crippen LogP contribution < -0.4 is 0 Å². The fraction of sp³-hybridized carbons (Fsp3) is 0.611. The van der Waals surface area contributed by atoms with Crippen molar-refractivity contribution in [2.24, 2.45) is 0 Å². The number of hydrogen-bond donors (Lipinski definition) is 2. The lowest BCUT2D eigenvalue weighted by molar-refractivity contribution is -0.244. The zero-order valence-electron chi connectivity index (χ0n) is 14.1. The van der Waals surface area contributed by atoms with Gasteiger partial charge < -0.3 is 19.8 Å². The number of halogens is 1.